The minimum absolute atomic E-state index is 0.00859. The highest BCUT2D eigenvalue weighted by atomic mass is 35.5. The van der Waals surface area contributed by atoms with Crippen molar-refractivity contribution in [3.63, 3.8) is 0 Å². The molecule has 0 saturated carbocycles. The van der Waals surface area contributed by atoms with Crippen LogP contribution < -0.4 is 5.32 Å². The van der Waals surface area contributed by atoms with E-state index >= 15 is 0 Å². The SMILES string of the molecule is CNC(=O)O/N=C(\CCl)C(Cl)Cl. The van der Waals surface area contributed by atoms with Gasteiger partial charge in [0.1, 0.15) is 10.5 Å². The Balaban J connectivity index is 4.03. The van der Waals surface area contributed by atoms with E-state index < -0.39 is 10.9 Å². The minimum Gasteiger partial charge on any atom is -0.323 e. The number of amides is 1. The van der Waals surface area contributed by atoms with Gasteiger partial charge in [-0.25, -0.2) is 4.79 Å². The average Bonchev–Trinajstić information content (AvgIpc) is 2.04. The molecule has 12 heavy (non-hydrogen) atoms. The van der Waals surface area contributed by atoms with Crippen LogP contribution in [-0.4, -0.2) is 29.6 Å². The van der Waals surface area contributed by atoms with E-state index in [9.17, 15) is 4.79 Å². The Morgan fingerprint density at radius 2 is 2.25 bits per heavy atom. The number of carbonyl (C=O) groups excluding carboxylic acids is 1. The van der Waals surface area contributed by atoms with Crippen LogP contribution in [0.15, 0.2) is 5.16 Å². The van der Waals surface area contributed by atoms with E-state index in [1.807, 2.05) is 0 Å². The highest BCUT2D eigenvalue weighted by Gasteiger charge is 2.09. The fourth-order valence-electron chi connectivity index (χ4n) is 0.268. The van der Waals surface area contributed by atoms with Crippen LogP contribution in [0, 0.1) is 0 Å². The number of nitrogens with zero attached hydrogens (tertiary/aromatic N) is 1. The Kier molecular flexibility index (Phi) is 6.24. The third-order valence-electron chi connectivity index (χ3n) is 0.839. The molecule has 1 amide bonds. The van der Waals surface area contributed by atoms with E-state index in [-0.39, 0.29) is 11.6 Å². The fourth-order valence-corrected chi connectivity index (χ4v) is 0.863. The summed E-state index contributed by atoms with van der Waals surface area (Å²) in [6.07, 6.45) is -0.702. The summed E-state index contributed by atoms with van der Waals surface area (Å²) in [6.45, 7) is 0. The molecule has 0 aliphatic rings. The molecule has 0 aromatic heterocycles. The third kappa shape index (κ3) is 4.64. The average molecular weight is 233 g/mol. The molecule has 4 nitrogen and oxygen atoms in total. The second-order valence-electron chi connectivity index (χ2n) is 1.65. The van der Waals surface area contributed by atoms with Gasteiger partial charge in [-0.3, -0.25) is 4.84 Å². The lowest BCUT2D eigenvalue weighted by molar-refractivity contribution is 0.153. The second-order valence-corrected chi connectivity index (χ2v) is 3.01. The standard InChI is InChI=1S/C5H7Cl3N2O2/c1-9-5(11)12-10-3(2-6)4(7)8/h4H,2H2,1H3,(H,9,11)/b10-3+. The topological polar surface area (TPSA) is 50.7 Å². The van der Waals surface area contributed by atoms with Gasteiger partial charge < -0.3 is 5.32 Å². The molecule has 0 radical (unpaired) electrons. The van der Waals surface area contributed by atoms with Crippen molar-refractivity contribution in [3.8, 4) is 0 Å². The third-order valence-corrected chi connectivity index (χ3v) is 1.62. The lowest BCUT2D eigenvalue weighted by atomic mass is 10.5. The maximum Gasteiger partial charge on any atom is 0.433 e. The molecule has 0 unspecified atom stereocenters. The lowest BCUT2D eigenvalue weighted by Crippen LogP contribution is -2.19. The van der Waals surface area contributed by atoms with Crippen LogP contribution in [0.3, 0.4) is 0 Å². The summed E-state index contributed by atoms with van der Waals surface area (Å²) in [5, 5.41) is 5.51. The Morgan fingerprint density at radius 3 is 2.58 bits per heavy atom. The second kappa shape index (κ2) is 6.34. The van der Waals surface area contributed by atoms with E-state index in [2.05, 4.69) is 15.3 Å². The van der Waals surface area contributed by atoms with Crippen LogP contribution in [0.5, 0.6) is 0 Å². The van der Waals surface area contributed by atoms with Gasteiger partial charge in [-0.1, -0.05) is 28.4 Å². The van der Waals surface area contributed by atoms with Gasteiger partial charge in [0, 0.05) is 7.05 Å². The Bertz CT molecular complexity index is 184. The molecular weight excluding hydrogens is 226 g/mol. The maximum atomic E-state index is 10.5. The Hall–Kier alpha value is -0.190. The summed E-state index contributed by atoms with van der Waals surface area (Å²) < 4.78 is 0. The monoisotopic (exact) mass is 232 g/mol. The molecular formula is C5H7Cl3N2O2. The van der Waals surface area contributed by atoms with Gasteiger partial charge in [0.15, 0.2) is 0 Å². The first-order valence-electron chi connectivity index (χ1n) is 2.91. The molecule has 0 rings (SSSR count). The molecule has 0 saturated heterocycles. The van der Waals surface area contributed by atoms with Crippen molar-refractivity contribution in [1.82, 2.24) is 5.32 Å². The van der Waals surface area contributed by atoms with Gasteiger partial charge in [-0.15, -0.1) is 11.6 Å². The summed E-state index contributed by atoms with van der Waals surface area (Å²) in [7, 11) is 1.40. The number of halogens is 3. The maximum absolute atomic E-state index is 10.5. The van der Waals surface area contributed by atoms with Gasteiger partial charge in [0.05, 0.1) is 5.88 Å². The lowest BCUT2D eigenvalue weighted by Gasteiger charge is -2.01. The number of oxime groups is 1. The summed E-state index contributed by atoms with van der Waals surface area (Å²) >= 11 is 16.2. The van der Waals surface area contributed by atoms with E-state index in [0.29, 0.717) is 0 Å². The molecule has 0 bridgehead atoms. The molecule has 0 heterocycles. The smallest absolute Gasteiger partial charge is 0.323 e. The largest absolute Gasteiger partial charge is 0.433 e. The van der Waals surface area contributed by atoms with Crippen molar-refractivity contribution < 1.29 is 9.63 Å². The zero-order valence-electron chi connectivity index (χ0n) is 6.18. The zero-order chi connectivity index (χ0) is 9.56. The van der Waals surface area contributed by atoms with Crippen molar-refractivity contribution in [1.29, 1.82) is 0 Å². The van der Waals surface area contributed by atoms with Crippen LogP contribution in [-0.2, 0) is 4.84 Å². The molecule has 0 aliphatic carbocycles. The van der Waals surface area contributed by atoms with Crippen molar-refractivity contribution in [2.45, 2.75) is 4.84 Å². The van der Waals surface area contributed by atoms with E-state index in [1.54, 1.807) is 0 Å². The molecule has 0 atom stereocenters. The molecule has 7 heteroatoms. The first-order valence-corrected chi connectivity index (χ1v) is 4.32. The first kappa shape index (κ1) is 11.8. The summed E-state index contributed by atoms with van der Waals surface area (Å²) in [5.41, 5.74) is 0.184. The normalized spacial score (nSPS) is 11.6. The van der Waals surface area contributed by atoms with Crippen molar-refractivity contribution >= 4 is 46.6 Å². The van der Waals surface area contributed by atoms with Crippen LogP contribution in [0.4, 0.5) is 4.79 Å². The van der Waals surface area contributed by atoms with Crippen LogP contribution in [0.25, 0.3) is 0 Å². The summed E-state index contributed by atoms with van der Waals surface area (Å²) in [6, 6.07) is 0. The number of hydrogen-bond donors (Lipinski definition) is 1. The number of hydrogen-bond acceptors (Lipinski definition) is 3. The van der Waals surface area contributed by atoms with Crippen molar-refractivity contribution in [2.24, 2.45) is 5.16 Å². The van der Waals surface area contributed by atoms with Crippen LogP contribution in [0.1, 0.15) is 0 Å². The molecule has 0 spiro atoms. The minimum atomic E-state index is -0.868. The molecule has 1 N–H and O–H groups in total. The first-order chi connectivity index (χ1) is 5.61. The van der Waals surface area contributed by atoms with E-state index in [0.717, 1.165) is 0 Å². The number of alkyl halides is 3. The number of nitrogens with one attached hydrogen (secondary N) is 1. The summed E-state index contributed by atoms with van der Waals surface area (Å²) in [5.74, 6) is 0.00859. The van der Waals surface area contributed by atoms with Gasteiger partial charge in [-0.2, -0.15) is 0 Å². The van der Waals surface area contributed by atoms with Crippen molar-refractivity contribution in [2.75, 3.05) is 12.9 Å². The predicted molar refractivity (Wildman–Crippen MR) is 49.2 cm³/mol. The molecule has 0 fully saturated rings. The molecule has 0 aromatic carbocycles. The fraction of sp³-hybridized carbons (Fsp3) is 0.600. The quantitative estimate of drug-likeness (QED) is 0.349. The van der Waals surface area contributed by atoms with Crippen LogP contribution in [0.2, 0.25) is 0 Å². The highest BCUT2D eigenvalue weighted by Crippen LogP contribution is 2.06. The summed E-state index contributed by atoms with van der Waals surface area (Å²) in [4.78, 5) is 13.9. The van der Waals surface area contributed by atoms with Gasteiger partial charge >= 0.3 is 6.09 Å². The van der Waals surface area contributed by atoms with Gasteiger partial charge in [0.2, 0.25) is 0 Å². The predicted octanol–water partition coefficient (Wildman–Crippen LogP) is 1.74. The highest BCUT2D eigenvalue weighted by molar-refractivity contribution is 6.56. The molecule has 0 aliphatic heterocycles. The van der Waals surface area contributed by atoms with Crippen molar-refractivity contribution in [3.05, 3.63) is 0 Å². The number of carbonyl (C=O) groups is 1. The van der Waals surface area contributed by atoms with Crippen LogP contribution >= 0.6 is 34.8 Å². The molecule has 70 valence electrons. The Morgan fingerprint density at radius 1 is 1.67 bits per heavy atom. The van der Waals surface area contributed by atoms with E-state index in [4.69, 9.17) is 34.8 Å². The van der Waals surface area contributed by atoms with Gasteiger partial charge in [0.25, 0.3) is 0 Å². The van der Waals surface area contributed by atoms with E-state index in [1.165, 1.54) is 7.05 Å². The molecule has 0 aromatic rings. The Labute approximate surface area is 84.8 Å². The number of rotatable bonds is 3. The zero-order valence-corrected chi connectivity index (χ0v) is 8.45. The van der Waals surface area contributed by atoms with Gasteiger partial charge in [-0.05, 0) is 0 Å².